The van der Waals surface area contributed by atoms with Crippen molar-refractivity contribution in [1.82, 2.24) is 0 Å². The first-order valence-corrected chi connectivity index (χ1v) is 12.9. The van der Waals surface area contributed by atoms with E-state index in [2.05, 4.69) is 0 Å². The highest BCUT2D eigenvalue weighted by Gasteiger charge is 2.58. The molecule has 3 aliphatic rings. The van der Waals surface area contributed by atoms with Crippen molar-refractivity contribution < 1.29 is 64.9 Å². The maximum Gasteiger partial charge on any atom is 0.187 e. The number of aliphatic hydroxyl groups excluding tert-OH is 7. The molecule has 0 bridgehead atoms. The second kappa shape index (κ2) is 11.6. The smallest absolute Gasteiger partial charge is 0.187 e. The highest BCUT2D eigenvalue weighted by molar-refractivity contribution is 5.21. The van der Waals surface area contributed by atoms with Crippen LogP contribution in [0, 0.1) is 5.41 Å². The van der Waals surface area contributed by atoms with Crippen molar-refractivity contribution >= 4 is 0 Å². The van der Waals surface area contributed by atoms with Crippen LogP contribution in [0.2, 0.25) is 0 Å². The van der Waals surface area contributed by atoms with Gasteiger partial charge in [-0.15, -0.1) is 0 Å². The van der Waals surface area contributed by atoms with Gasteiger partial charge < -0.3 is 64.9 Å². The van der Waals surface area contributed by atoms with Crippen LogP contribution >= 0.6 is 0 Å². The molecule has 13 heteroatoms. The van der Waals surface area contributed by atoms with Crippen LogP contribution in [0.5, 0.6) is 0 Å². The number of hydrogen-bond donors (Lipinski definition) is 9. The summed E-state index contributed by atoms with van der Waals surface area (Å²) in [5, 5.41) is 93.5. The van der Waals surface area contributed by atoms with Crippen LogP contribution in [0.15, 0.2) is 12.2 Å². The van der Waals surface area contributed by atoms with Gasteiger partial charge in [-0.1, -0.05) is 26.0 Å². The van der Waals surface area contributed by atoms with Gasteiger partial charge in [0.1, 0.15) is 48.3 Å². The first kappa shape index (κ1) is 31.7. The molecule has 2 heterocycles. The van der Waals surface area contributed by atoms with E-state index in [-0.39, 0.29) is 12.8 Å². The fraction of sp³-hybridized carbons (Fsp3) is 0.920. The lowest BCUT2D eigenvalue weighted by molar-refractivity contribution is -0.330. The van der Waals surface area contributed by atoms with Gasteiger partial charge >= 0.3 is 0 Å². The Kier molecular flexibility index (Phi) is 9.69. The molecular formula is C25H44O13. The number of hydrogen-bond acceptors (Lipinski definition) is 13. The summed E-state index contributed by atoms with van der Waals surface area (Å²) >= 11 is 0. The number of rotatable bonds is 7. The third kappa shape index (κ3) is 6.10. The summed E-state index contributed by atoms with van der Waals surface area (Å²) in [5.74, 6) is 0. The molecule has 3 fully saturated rings. The van der Waals surface area contributed by atoms with E-state index in [1.54, 1.807) is 20.8 Å². The van der Waals surface area contributed by atoms with Crippen molar-refractivity contribution in [2.24, 2.45) is 5.41 Å². The van der Waals surface area contributed by atoms with Crippen LogP contribution in [-0.4, -0.2) is 137 Å². The molecule has 2 aliphatic heterocycles. The molecule has 3 rings (SSSR count). The summed E-state index contributed by atoms with van der Waals surface area (Å²) in [6, 6.07) is 0. The molecule has 0 amide bonds. The van der Waals surface area contributed by atoms with Gasteiger partial charge in [0.2, 0.25) is 0 Å². The second-order valence-corrected chi connectivity index (χ2v) is 11.7. The van der Waals surface area contributed by atoms with Gasteiger partial charge in [0, 0.05) is 11.8 Å². The summed E-state index contributed by atoms with van der Waals surface area (Å²) < 4.78 is 22.2. The van der Waals surface area contributed by atoms with Crippen LogP contribution in [-0.2, 0) is 18.9 Å². The summed E-state index contributed by atoms with van der Waals surface area (Å²) in [5.41, 5.74) is -4.24. The van der Waals surface area contributed by atoms with E-state index in [0.29, 0.717) is 0 Å². The van der Waals surface area contributed by atoms with Gasteiger partial charge in [-0.2, -0.15) is 0 Å². The molecule has 0 unspecified atom stereocenters. The molecule has 2 saturated heterocycles. The maximum absolute atomic E-state index is 11.4. The molecule has 0 aromatic rings. The molecule has 1 saturated carbocycles. The van der Waals surface area contributed by atoms with E-state index in [1.807, 2.05) is 0 Å². The highest BCUT2D eigenvalue weighted by atomic mass is 16.7. The molecule has 222 valence electrons. The molecule has 0 radical (unpaired) electrons. The monoisotopic (exact) mass is 552 g/mol. The third-order valence-corrected chi connectivity index (χ3v) is 8.09. The van der Waals surface area contributed by atoms with Crippen molar-refractivity contribution in [3.8, 4) is 0 Å². The summed E-state index contributed by atoms with van der Waals surface area (Å²) in [4.78, 5) is 0. The van der Waals surface area contributed by atoms with Crippen LogP contribution in [0.3, 0.4) is 0 Å². The van der Waals surface area contributed by atoms with Gasteiger partial charge in [-0.25, -0.2) is 0 Å². The quantitative estimate of drug-likeness (QED) is 0.147. The fourth-order valence-electron chi connectivity index (χ4n) is 5.60. The van der Waals surface area contributed by atoms with Crippen LogP contribution in [0.1, 0.15) is 47.5 Å². The zero-order valence-corrected chi connectivity index (χ0v) is 22.4. The largest absolute Gasteiger partial charge is 0.393 e. The lowest BCUT2D eigenvalue weighted by Crippen LogP contribution is -2.65. The van der Waals surface area contributed by atoms with E-state index < -0.39 is 96.8 Å². The number of aliphatic hydroxyl groups is 9. The fourth-order valence-corrected chi connectivity index (χ4v) is 5.60. The van der Waals surface area contributed by atoms with E-state index in [9.17, 15) is 46.0 Å². The summed E-state index contributed by atoms with van der Waals surface area (Å²) in [7, 11) is 0. The van der Waals surface area contributed by atoms with E-state index in [0.717, 1.165) is 0 Å². The summed E-state index contributed by atoms with van der Waals surface area (Å²) in [6.07, 6.45) is -12.7. The minimum Gasteiger partial charge on any atom is -0.393 e. The van der Waals surface area contributed by atoms with Gasteiger partial charge in [-0.05, 0) is 27.2 Å². The molecule has 13 nitrogen and oxygen atoms in total. The molecule has 1 aliphatic carbocycles. The average Bonchev–Trinajstić information content (AvgIpc) is 2.81. The SMILES string of the molecule is C[C@@H]1O[C@@H](OC[C@H]2O[C@@H](O[C@@H](C)C=C[C@]3(O)C(C)(C)C[C@H](O)C[C@]3(C)O)[C@H](O)[C@@H](O)[C@@H]2O)[C@H](O)[C@H](O)[C@H]1O. The van der Waals surface area contributed by atoms with E-state index in [1.165, 1.54) is 26.0 Å². The molecule has 0 aromatic heterocycles. The molecule has 14 atom stereocenters. The molecule has 0 spiro atoms. The predicted molar refractivity (Wildman–Crippen MR) is 129 cm³/mol. The van der Waals surface area contributed by atoms with Crippen molar-refractivity contribution in [1.29, 1.82) is 0 Å². The van der Waals surface area contributed by atoms with Crippen LogP contribution in [0.25, 0.3) is 0 Å². The lowest BCUT2D eigenvalue weighted by Gasteiger charge is -2.55. The van der Waals surface area contributed by atoms with Crippen molar-refractivity contribution in [2.45, 2.75) is 132 Å². The van der Waals surface area contributed by atoms with Gasteiger partial charge in [0.15, 0.2) is 12.6 Å². The first-order chi connectivity index (χ1) is 17.4. The Morgan fingerprint density at radius 2 is 1.39 bits per heavy atom. The molecule has 9 N–H and O–H groups in total. The van der Waals surface area contributed by atoms with Crippen LogP contribution < -0.4 is 0 Å². The van der Waals surface area contributed by atoms with E-state index >= 15 is 0 Å². The Balaban J connectivity index is 1.65. The van der Waals surface area contributed by atoms with E-state index in [4.69, 9.17) is 18.9 Å². The third-order valence-electron chi connectivity index (χ3n) is 8.09. The minimum atomic E-state index is -1.72. The maximum atomic E-state index is 11.4. The Bertz CT molecular complexity index is 801. The normalized spacial score (nSPS) is 50.7. The van der Waals surface area contributed by atoms with Crippen molar-refractivity contribution in [3.63, 3.8) is 0 Å². The Hall–Kier alpha value is -0.780. The zero-order valence-electron chi connectivity index (χ0n) is 22.4. The highest BCUT2D eigenvalue weighted by Crippen LogP contribution is 2.50. The Labute approximate surface area is 221 Å². The Morgan fingerprint density at radius 3 is 2.00 bits per heavy atom. The lowest BCUT2D eigenvalue weighted by atomic mass is 9.57. The first-order valence-electron chi connectivity index (χ1n) is 12.9. The second-order valence-electron chi connectivity index (χ2n) is 11.7. The minimum absolute atomic E-state index is 0.0309. The van der Waals surface area contributed by atoms with Crippen molar-refractivity contribution in [3.05, 3.63) is 12.2 Å². The molecule has 0 aromatic carbocycles. The Morgan fingerprint density at radius 1 is 0.816 bits per heavy atom. The van der Waals surface area contributed by atoms with Crippen molar-refractivity contribution in [2.75, 3.05) is 6.61 Å². The number of ether oxygens (including phenoxy) is 4. The molecule has 38 heavy (non-hydrogen) atoms. The topological polar surface area (TPSA) is 219 Å². The predicted octanol–water partition coefficient (Wildman–Crippen LogP) is -2.74. The summed E-state index contributed by atoms with van der Waals surface area (Å²) in [6.45, 7) is 7.53. The molecular weight excluding hydrogens is 508 g/mol. The average molecular weight is 553 g/mol. The zero-order chi connectivity index (χ0) is 28.8. The van der Waals surface area contributed by atoms with Gasteiger partial charge in [-0.3, -0.25) is 0 Å². The van der Waals surface area contributed by atoms with Crippen LogP contribution in [0.4, 0.5) is 0 Å². The standard InChI is InChI=1S/C25H44O13/c1-11(6-7-25(34)23(3,4)8-13(26)9-24(25,5)33)36-22-20(32)18(30)16(28)14(38-22)10-35-21-19(31)17(29)15(27)12(2)37-21/h6-7,11-22,26-34H,8-10H2,1-5H3/t11-,12-,13-,14+,15-,16+,17+,18-,19+,20+,21+,22+,24-,25-/m0/s1. The van der Waals surface area contributed by atoms with Gasteiger partial charge in [0.25, 0.3) is 0 Å². The van der Waals surface area contributed by atoms with Gasteiger partial charge in [0.05, 0.1) is 30.5 Å².